The fourth-order valence-corrected chi connectivity index (χ4v) is 3.07. The summed E-state index contributed by atoms with van der Waals surface area (Å²) in [5.74, 6) is 0.616. The van der Waals surface area contributed by atoms with E-state index in [1.807, 2.05) is 6.07 Å². The Morgan fingerprint density at radius 1 is 1.50 bits per heavy atom. The molecule has 0 saturated heterocycles. The van der Waals surface area contributed by atoms with Crippen LogP contribution in [0, 0.1) is 5.92 Å². The van der Waals surface area contributed by atoms with Crippen molar-refractivity contribution in [2.75, 3.05) is 20.1 Å². The first-order chi connectivity index (χ1) is 7.65. The zero-order chi connectivity index (χ0) is 12.0. The van der Waals surface area contributed by atoms with E-state index in [0.29, 0.717) is 5.92 Å². The van der Waals surface area contributed by atoms with E-state index in [4.69, 9.17) is 17.3 Å². The van der Waals surface area contributed by atoms with Gasteiger partial charge in [0.1, 0.15) is 0 Å². The van der Waals surface area contributed by atoms with Gasteiger partial charge in [0.15, 0.2) is 0 Å². The number of halogens is 1. The van der Waals surface area contributed by atoms with Gasteiger partial charge < -0.3 is 10.6 Å². The standard InChI is InChI=1S/C12H21ClN2S/c1-3-4-10(7-14)8-15(2)9-11-5-6-12(13)16-11/h5-6,10H,3-4,7-9,14H2,1-2H3. The topological polar surface area (TPSA) is 29.3 Å². The van der Waals surface area contributed by atoms with Crippen molar-refractivity contribution in [3.63, 3.8) is 0 Å². The Kier molecular flexibility index (Phi) is 6.36. The van der Waals surface area contributed by atoms with E-state index in [2.05, 4.69) is 24.9 Å². The number of nitrogens with two attached hydrogens (primary N) is 1. The zero-order valence-electron chi connectivity index (χ0n) is 10.1. The molecule has 1 aromatic rings. The van der Waals surface area contributed by atoms with Crippen LogP contribution in [-0.4, -0.2) is 25.0 Å². The Balaban J connectivity index is 2.37. The largest absolute Gasteiger partial charge is 0.330 e. The molecule has 0 amide bonds. The van der Waals surface area contributed by atoms with E-state index >= 15 is 0 Å². The third-order valence-electron chi connectivity index (χ3n) is 2.65. The minimum atomic E-state index is 0.616. The summed E-state index contributed by atoms with van der Waals surface area (Å²) in [5.41, 5.74) is 5.76. The molecular weight excluding hydrogens is 240 g/mol. The second-order valence-electron chi connectivity index (χ2n) is 4.29. The first-order valence-corrected chi connectivity index (χ1v) is 6.98. The van der Waals surface area contributed by atoms with Crippen molar-refractivity contribution < 1.29 is 0 Å². The lowest BCUT2D eigenvalue weighted by atomic mass is 10.0. The lowest BCUT2D eigenvalue weighted by Gasteiger charge is -2.22. The molecule has 2 nitrogen and oxygen atoms in total. The average molecular weight is 261 g/mol. The third-order valence-corrected chi connectivity index (χ3v) is 3.87. The summed E-state index contributed by atoms with van der Waals surface area (Å²) in [6, 6.07) is 4.06. The van der Waals surface area contributed by atoms with Crippen LogP contribution in [0.3, 0.4) is 0 Å². The van der Waals surface area contributed by atoms with Crippen molar-refractivity contribution in [2.24, 2.45) is 11.7 Å². The van der Waals surface area contributed by atoms with E-state index in [1.54, 1.807) is 11.3 Å². The molecule has 0 aromatic carbocycles. The monoisotopic (exact) mass is 260 g/mol. The minimum Gasteiger partial charge on any atom is -0.330 e. The Bertz CT molecular complexity index is 301. The molecule has 4 heteroatoms. The molecule has 1 unspecified atom stereocenters. The van der Waals surface area contributed by atoms with Crippen molar-refractivity contribution in [3.05, 3.63) is 21.3 Å². The maximum atomic E-state index is 5.91. The molecule has 0 fully saturated rings. The fraction of sp³-hybridized carbons (Fsp3) is 0.667. The summed E-state index contributed by atoms with van der Waals surface area (Å²) in [6.07, 6.45) is 2.42. The first-order valence-electron chi connectivity index (χ1n) is 5.78. The molecule has 0 saturated carbocycles. The smallest absolute Gasteiger partial charge is 0.0931 e. The quantitative estimate of drug-likeness (QED) is 0.816. The summed E-state index contributed by atoms with van der Waals surface area (Å²) in [5, 5.41) is 0. The van der Waals surface area contributed by atoms with Crippen molar-refractivity contribution in [2.45, 2.75) is 26.3 Å². The van der Waals surface area contributed by atoms with Gasteiger partial charge in [-0.2, -0.15) is 0 Å². The van der Waals surface area contributed by atoms with Crippen LogP contribution in [0.15, 0.2) is 12.1 Å². The number of hydrogen-bond donors (Lipinski definition) is 1. The van der Waals surface area contributed by atoms with Gasteiger partial charge in [-0.05, 0) is 38.1 Å². The normalized spacial score (nSPS) is 13.3. The Labute approximate surface area is 107 Å². The number of rotatable bonds is 7. The molecular formula is C12H21ClN2S. The van der Waals surface area contributed by atoms with Gasteiger partial charge in [-0.1, -0.05) is 24.9 Å². The lowest BCUT2D eigenvalue weighted by Crippen LogP contribution is -2.29. The molecule has 1 atom stereocenters. The number of thiophene rings is 1. The van der Waals surface area contributed by atoms with E-state index in [1.165, 1.54) is 17.7 Å². The Morgan fingerprint density at radius 3 is 2.75 bits per heavy atom. The van der Waals surface area contributed by atoms with Crippen molar-refractivity contribution in [1.82, 2.24) is 4.90 Å². The van der Waals surface area contributed by atoms with Gasteiger partial charge in [-0.3, -0.25) is 0 Å². The molecule has 1 heterocycles. The molecule has 0 bridgehead atoms. The van der Waals surface area contributed by atoms with Gasteiger partial charge in [0.2, 0.25) is 0 Å². The maximum absolute atomic E-state index is 5.91. The molecule has 1 rings (SSSR count). The molecule has 0 aliphatic rings. The van der Waals surface area contributed by atoms with Gasteiger partial charge >= 0.3 is 0 Å². The van der Waals surface area contributed by atoms with E-state index < -0.39 is 0 Å². The van der Waals surface area contributed by atoms with Gasteiger partial charge in [-0.25, -0.2) is 0 Å². The molecule has 92 valence electrons. The summed E-state index contributed by atoms with van der Waals surface area (Å²) in [4.78, 5) is 3.65. The molecule has 0 spiro atoms. The lowest BCUT2D eigenvalue weighted by molar-refractivity contribution is 0.264. The van der Waals surface area contributed by atoms with Gasteiger partial charge in [0.05, 0.1) is 4.34 Å². The van der Waals surface area contributed by atoms with Crippen LogP contribution < -0.4 is 5.73 Å². The van der Waals surface area contributed by atoms with Crippen molar-refractivity contribution in [3.8, 4) is 0 Å². The van der Waals surface area contributed by atoms with E-state index in [0.717, 1.165) is 24.0 Å². The highest BCUT2D eigenvalue weighted by molar-refractivity contribution is 7.16. The van der Waals surface area contributed by atoms with Crippen LogP contribution in [0.2, 0.25) is 4.34 Å². The highest BCUT2D eigenvalue weighted by Gasteiger charge is 2.10. The van der Waals surface area contributed by atoms with Crippen LogP contribution in [0.25, 0.3) is 0 Å². The average Bonchev–Trinajstić information content (AvgIpc) is 2.63. The third kappa shape index (κ3) is 4.83. The molecule has 16 heavy (non-hydrogen) atoms. The minimum absolute atomic E-state index is 0.616. The zero-order valence-corrected chi connectivity index (χ0v) is 11.7. The van der Waals surface area contributed by atoms with Gasteiger partial charge in [-0.15, -0.1) is 11.3 Å². The molecule has 2 N–H and O–H groups in total. The van der Waals surface area contributed by atoms with E-state index in [9.17, 15) is 0 Å². The first kappa shape index (κ1) is 14.0. The Morgan fingerprint density at radius 2 is 2.25 bits per heavy atom. The van der Waals surface area contributed by atoms with Crippen LogP contribution in [0.4, 0.5) is 0 Å². The van der Waals surface area contributed by atoms with Crippen molar-refractivity contribution >= 4 is 22.9 Å². The SMILES string of the molecule is CCCC(CN)CN(C)Cc1ccc(Cl)s1. The number of nitrogens with zero attached hydrogens (tertiary/aromatic N) is 1. The summed E-state index contributed by atoms with van der Waals surface area (Å²) < 4.78 is 0.868. The van der Waals surface area contributed by atoms with Crippen molar-refractivity contribution in [1.29, 1.82) is 0 Å². The van der Waals surface area contributed by atoms with E-state index in [-0.39, 0.29) is 0 Å². The highest BCUT2D eigenvalue weighted by atomic mass is 35.5. The second-order valence-corrected chi connectivity index (χ2v) is 6.09. The summed E-state index contributed by atoms with van der Waals surface area (Å²) in [6.45, 7) is 5.03. The molecule has 0 aliphatic heterocycles. The molecule has 1 aromatic heterocycles. The van der Waals surface area contributed by atoms with Gasteiger partial charge in [0, 0.05) is 18.0 Å². The van der Waals surface area contributed by atoms with Gasteiger partial charge in [0.25, 0.3) is 0 Å². The number of hydrogen-bond acceptors (Lipinski definition) is 3. The second kappa shape index (κ2) is 7.28. The molecule has 0 radical (unpaired) electrons. The predicted molar refractivity (Wildman–Crippen MR) is 73.1 cm³/mol. The maximum Gasteiger partial charge on any atom is 0.0931 e. The summed E-state index contributed by atoms with van der Waals surface area (Å²) >= 11 is 7.56. The van der Waals surface area contributed by atoms with Crippen LogP contribution in [-0.2, 0) is 6.54 Å². The predicted octanol–water partition coefficient (Wildman–Crippen LogP) is 3.21. The highest BCUT2D eigenvalue weighted by Crippen LogP contribution is 2.22. The summed E-state index contributed by atoms with van der Waals surface area (Å²) in [7, 11) is 2.14. The van der Waals surface area contributed by atoms with Crippen LogP contribution >= 0.6 is 22.9 Å². The van der Waals surface area contributed by atoms with Crippen LogP contribution in [0.1, 0.15) is 24.6 Å². The Hall–Kier alpha value is -0.0900. The van der Waals surface area contributed by atoms with Crippen LogP contribution in [0.5, 0.6) is 0 Å². The molecule has 0 aliphatic carbocycles. The fourth-order valence-electron chi connectivity index (χ4n) is 1.90.